The molecule has 0 aromatic carbocycles. The highest BCUT2D eigenvalue weighted by molar-refractivity contribution is 7.99. The van der Waals surface area contributed by atoms with Crippen molar-refractivity contribution in [1.29, 1.82) is 0 Å². The Labute approximate surface area is 116 Å². The monoisotopic (exact) mass is 294 g/mol. The minimum Gasteiger partial charge on any atom is -0.377 e. The van der Waals surface area contributed by atoms with Gasteiger partial charge in [0.15, 0.2) is 0 Å². The highest BCUT2D eigenvalue weighted by Gasteiger charge is 2.37. The minimum absolute atomic E-state index is 0.533. The molecule has 0 rings (SSSR count). The molecule has 0 radical (unpaired) electrons. The summed E-state index contributed by atoms with van der Waals surface area (Å²) in [5, 5.41) is 6.53. The van der Waals surface area contributed by atoms with E-state index in [1.165, 1.54) is 0 Å². The Morgan fingerprint density at radius 3 is 2.22 bits per heavy atom. The lowest BCUT2D eigenvalue weighted by Crippen LogP contribution is -2.43. The van der Waals surface area contributed by atoms with Crippen molar-refractivity contribution < 1.29 is 13.3 Å². The lowest BCUT2D eigenvalue weighted by atomic mass is 10.4. The second-order valence-electron chi connectivity index (χ2n) is 4.11. The van der Waals surface area contributed by atoms with E-state index in [1.54, 1.807) is 26.3 Å². The van der Waals surface area contributed by atoms with Crippen LogP contribution in [0.15, 0.2) is 5.10 Å². The Hall–Kier alpha value is -0.0831. The van der Waals surface area contributed by atoms with E-state index in [2.05, 4.69) is 12.0 Å². The second-order valence-corrected chi connectivity index (χ2v) is 8.74. The molecule has 18 heavy (non-hydrogen) atoms. The van der Waals surface area contributed by atoms with E-state index in [0.29, 0.717) is 5.25 Å². The molecule has 0 aliphatic heterocycles. The molecule has 108 valence electrons. The molecule has 0 aliphatic rings. The normalized spacial score (nSPS) is 14.1. The first kappa shape index (κ1) is 17.9. The maximum Gasteiger partial charge on any atom is 0.500 e. The van der Waals surface area contributed by atoms with Crippen LogP contribution in [0.2, 0.25) is 6.04 Å². The highest BCUT2D eigenvalue weighted by Crippen LogP contribution is 2.20. The van der Waals surface area contributed by atoms with Crippen LogP contribution in [-0.2, 0) is 13.3 Å². The Kier molecular flexibility index (Phi) is 9.75. The Morgan fingerprint density at radius 1 is 1.22 bits per heavy atom. The van der Waals surface area contributed by atoms with Gasteiger partial charge in [-0.25, -0.2) is 0 Å². The molecule has 0 N–H and O–H groups in total. The first-order valence-corrected chi connectivity index (χ1v) is 8.94. The van der Waals surface area contributed by atoms with Crippen LogP contribution in [0.1, 0.15) is 13.3 Å². The molecular weight excluding hydrogens is 268 g/mol. The van der Waals surface area contributed by atoms with Crippen LogP contribution in [0.3, 0.4) is 0 Å². The number of rotatable bonds is 10. The van der Waals surface area contributed by atoms with Crippen molar-refractivity contribution in [3.05, 3.63) is 0 Å². The summed E-state index contributed by atoms with van der Waals surface area (Å²) in [5.74, 6) is 0.971. The van der Waals surface area contributed by atoms with E-state index in [4.69, 9.17) is 13.3 Å². The van der Waals surface area contributed by atoms with Crippen molar-refractivity contribution in [3.8, 4) is 0 Å². The summed E-state index contributed by atoms with van der Waals surface area (Å²) in [7, 11) is 6.39. The van der Waals surface area contributed by atoms with Crippen LogP contribution in [0.25, 0.3) is 0 Å². The van der Waals surface area contributed by atoms with E-state index in [9.17, 15) is 0 Å². The van der Waals surface area contributed by atoms with E-state index in [-0.39, 0.29) is 0 Å². The van der Waals surface area contributed by atoms with Gasteiger partial charge in [0.1, 0.15) is 0 Å². The zero-order valence-electron chi connectivity index (χ0n) is 12.3. The van der Waals surface area contributed by atoms with Gasteiger partial charge in [-0.1, -0.05) is 6.92 Å². The fourth-order valence-corrected chi connectivity index (χ4v) is 4.58. The third-order valence-electron chi connectivity index (χ3n) is 2.49. The van der Waals surface area contributed by atoms with Gasteiger partial charge in [0.25, 0.3) is 0 Å². The number of hydrazone groups is 1. The van der Waals surface area contributed by atoms with E-state index in [1.807, 2.05) is 32.1 Å². The molecule has 0 saturated carbocycles. The van der Waals surface area contributed by atoms with Gasteiger partial charge in [-0.2, -0.15) is 16.9 Å². The maximum absolute atomic E-state index is 5.38. The number of nitrogens with zero attached hydrogens (tertiary/aromatic N) is 2. The summed E-state index contributed by atoms with van der Waals surface area (Å²) in [5.41, 5.74) is 0. The molecule has 0 amide bonds. The number of hydrogen-bond acceptors (Lipinski definition) is 6. The summed E-state index contributed by atoms with van der Waals surface area (Å²) < 4.78 is 16.1. The van der Waals surface area contributed by atoms with Crippen molar-refractivity contribution >= 4 is 26.8 Å². The summed E-state index contributed by atoms with van der Waals surface area (Å²) in [6.45, 7) is 2.20. The fourth-order valence-electron chi connectivity index (χ4n) is 1.37. The molecule has 1 unspecified atom stereocenters. The molecule has 0 fully saturated rings. The SMILES string of the molecule is CO[Si](CCSC(C)CC=NN(C)C)(OC)OC. The minimum atomic E-state index is -2.40. The lowest BCUT2D eigenvalue weighted by Gasteiger charge is -2.24. The van der Waals surface area contributed by atoms with Crippen molar-refractivity contribution in [2.24, 2.45) is 5.10 Å². The van der Waals surface area contributed by atoms with Crippen LogP contribution in [0, 0.1) is 0 Å². The topological polar surface area (TPSA) is 43.3 Å². The lowest BCUT2D eigenvalue weighted by molar-refractivity contribution is 0.125. The molecule has 0 spiro atoms. The maximum atomic E-state index is 5.38. The van der Waals surface area contributed by atoms with Gasteiger partial charge in [-0.15, -0.1) is 0 Å². The van der Waals surface area contributed by atoms with Crippen molar-refractivity contribution in [3.63, 3.8) is 0 Å². The molecule has 0 aromatic rings. The van der Waals surface area contributed by atoms with Crippen LogP contribution in [0.4, 0.5) is 0 Å². The van der Waals surface area contributed by atoms with Gasteiger partial charge >= 0.3 is 8.80 Å². The Morgan fingerprint density at radius 2 is 1.78 bits per heavy atom. The molecule has 0 saturated heterocycles. The fraction of sp³-hybridized carbons (Fsp3) is 0.909. The van der Waals surface area contributed by atoms with Crippen molar-refractivity contribution in [1.82, 2.24) is 5.01 Å². The van der Waals surface area contributed by atoms with E-state index in [0.717, 1.165) is 18.2 Å². The zero-order chi connectivity index (χ0) is 14.0. The molecule has 0 heterocycles. The van der Waals surface area contributed by atoms with Gasteiger partial charge in [-0.3, -0.25) is 0 Å². The summed E-state index contributed by atoms with van der Waals surface area (Å²) in [6, 6.07) is 0.830. The van der Waals surface area contributed by atoms with Crippen LogP contribution < -0.4 is 0 Å². The quantitative estimate of drug-likeness (QED) is 0.350. The van der Waals surface area contributed by atoms with E-state index < -0.39 is 8.80 Å². The smallest absolute Gasteiger partial charge is 0.377 e. The first-order chi connectivity index (χ1) is 8.49. The van der Waals surface area contributed by atoms with Gasteiger partial charge in [0, 0.05) is 52.9 Å². The summed E-state index contributed by atoms with van der Waals surface area (Å²) in [6.07, 6.45) is 2.91. The Balaban J connectivity index is 3.88. The van der Waals surface area contributed by atoms with Crippen LogP contribution in [-0.4, -0.2) is 66.5 Å². The average molecular weight is 294 g/mol. The molecule has 5 nitrogen and oxygen atoms in total. The van der Waals surface area contributed by atoms with Crippen molar-refractivity contribution in [2.45, 2.75) is 24.6 Å². The largest absolute Gasteiger partial charge is 0.500 e. The van der Waals surface area contributed by atoms with Gasteiger partial charge in [-0.05, 0) is 12.2 Å². The Bertz CT molecular complexity index is 230. The molecular formula is C11H26N2O3SSi. The first-order valence-electron chi connectivity index (χ1n) is 5.96. The molecule has 0 aliphatic carbocycles. The average Bonchev–Trinajstić information content (AvgIpc) is 2.35. The van der Waals surface area contributed by atoms with Crippen molar-refractivity contribution in [2.75, 3.05) is 41.2 Å². The van der Waals surface area contributed by atoms with E-state index >= 15 is 0 Å². The molecule has 1 atom stereocenters. The highest BCUT2D eigenvalue weighted by atomic mass is 32.2. The summed E-state index contributed by atoms with van der Waals surface area (Å²) >= 11 is 1.89. The molecule has 0 bridgehead atoms. The predicted molar refractivity (Wildman–Crippen MR) is 80.3 cm³/mol. The zero-order valence-corrected chi connectivity index (χ0v) is 14.1. The van der Waals surface area contributed by atoms with Gasteiger partial charge in [0.05, 0.1) is 0 Å². The van der Waals surface area contributed by atoms with Gasteiger partial charge < -0.3 is 18.3 Å². The number of thioether (sulfide) groups is 1. The van der Waals surface area contributed by atoms with Crippen LogP contribution in [0.5, 0.6) is 0 Å². The number of hydrogen-bond donors (Lipinski definition) is 0. The summed E-state index contributed by atoms with van der Waals surface area (Å²) in [4.78, 5) is 0. The van der Waals surface area contributed by atoms with Gasteiger partial charge in [0.2, 0.25) is 0 Å². The molecule has 7 heteroatoms. The molecule has 0 aromatic heterocycles. The second kappa shape index (κ2) is 9.80. The standard InChI is InChI=1S/C11H26N2O3SSi/c1-11(7-8-12-13(2)3)17-9-10-18(14-4,15-5)16-6/h8,11H,7,9-10H2,1-6H3. The third kappa shape index (κ3) is 7.37. The predicted octanol–water partition coefficient (Wildman–Crippen LogP) is 1.92. The van der Waals surface area contributed by atoms with Crippen LogP contribution >= 0.6 is 11.8 Å². The third-order valence-corrected chi connectivity index (χ3v) is 6.79.